The van der Waals surface area contributed by atoms with E-state index in [4.69, 9.17) is 16.6 Å². The minimum atomic E-state index is 0.557. The minimum absolute atomic E-state index is 0.557. The van der Waals surface area contributed by atoms with Gasteiger partial charge in [0.1, 0.15) is 5.82 Å². The van der Waals surface area contributed by atoms with Crippen molar-refractivity contribution < 1.29 is 0 Å². The van der Waals surface area contributed by atoms with E-state index in [9.17, 15) is 0 Å². The summed E-state index contributed by atoms with van der Waals surface area (Å²) in [6, 6.07) is 14.4. The molecule has 102 valence electrons. The Bertz CT molecular complexity index is 750. The van der Waals surface area contributed by atoms with Crippen LogP contribution >= 0.6 is 43.5 Å². The maximum Gasteiger partial charge on any atom is 0.115 e. The van der Waals surface area contributed by atoms with Crippen LogP contribution in [0.2, 0.25) is 0 Å². The van der Waals surface area contributed by atoms with Gasteiger partial charge in [-0.2, -0.15) is 0 Å². The van der Waals surface area contributed by atoms with E-state index >= 15 is 0 Å². The molecular formula is C15H11Br2ClN2. The van der Waals surface area contributed by atoms with E-state index in [1.807, 2.05) is 24.3 Å². The predicted molar refractivity (Wildman–Crippen MR) is 90.9 cm³/mol. The molecule has 3 rings (SSSR count). The fraction of sp³-hybridized carbons (Fsp3) is 0.133. The number of hydrogen-bond acceptors (Lipinski definition) is 1. The number of imidazole rings is 1. The van der Waals surface area contributed by atoms with Gasteiger partial charge in [-0.05, 0) is 42.5 Å². The Kier molecular flexibility index (Phi) is 4.15. The molecule has 0 bridgehead atoms. The van der Waals surface area contributed by atoms with Gasteiger partial charge in [0.15, 0.2) is 0 Å². The van der Waals surface area contributed by atoms with Crippen LogP contribution in [0, 0.1) is 0 Å². The third kappa shape index (κ3) is 2.65. The average molecular weight is 415 g/mol. The zero-order valence-electron chi connectivity index (χ0n) is 10.5. The monoisotopic (exact) mass is 412 g/mol. The molecule has 0 atom stereocenters. The summed E-state index contributed by atoms with van der Waals surface area (Å²) in [6.07, 6.45) is 0.740. The van der Waals surface area contributed by atoms with Crippen molar-refractivity contribution in [3.63, 3.8) is 0 Å². The molecule has 0 N–H and O–H groups in total. The molecule has 1 aromatic heterocycles. The Hall–Kier alpha value is -0.840. The summed E-state index contributed by atoms with van der Waals surface area (Å²) < 4.78 is 4.26. The van der Waals surface area contributed by atoms with Gasteiger partial charge in [0.2, 0.25) is 0 Å². The van der Waals surface area contributed by atoms with E-state index in [1.165, 1.54) is 0 Å². The summed E-state index contributed by atoms with van der Waals surface area (Å²) in [4.78, 5) is 4.70. The maximum absolute atomic E-state index is 5.91. The molecule has 0 aliphatic rings. The molecule has 1 heterocycles. The first-order valence-corrected chi connectivity index (χ1v) is 8.30. The third-order valence-electron chi connectivity index (χ3n) is 3.09. The first-order valence-electron chi connectivity index (χ1n) is 6.18. The number of benzene rings is 2. The Morgan fingerprint density at radius 2 is 1.70 bits per heavy atom. The fourth-order valence-corrected chi connectivity index (χ4v) is 3.02. The van der Waals surface area contributed by atoms with Gasteiger partial charge in [-0.1, -0.05) is 31.9 Å². The van der Waals surface area contributed by atoms with Gasteiger partial charge >= 0.3 is 0 Å². The number of aryl methyl sites for hydroxylation is 1. The van der Waals surface area contributed by atoms with Crippen molar-refractivity contribution in [1.29, 1.82) is 0 Å². The van der Waals surface area contributed by atoms with Crippen molar-refractivity contribution in [3.8, 4) is 5.69 Å². The van der Waals surface area contributed by atoms with Crippen molar-refractivity contribution in [2.45, 2.75) is 6.42 Å². The van der Waals surface area contributed by atoms with E-state index < -0.39 is 0 Å². The first-order chi connectivity index (χ1) is 9.69. The van der Waals surface area contributed by atoms with Gasteiger partial charge in [0, 0.05) is 26.9 Å². The molecule has 0 radical (unpaired) electrons. The molecule has 20 heavy (non-hydrogen) atoms. The zero-order chi connectivity index (χ0) is 14.1. The molecule has 0 amide bonds. The van der Waals surface area contributed by atoms with E-state index in [1.54, 1.807) is 0 Å². The highest BCUT2D eigenvalue weighted by Crippen LogP contribution is 2.25. The van der Waals surface area contributed by atoms with Crippen molar-refractivity contribution in [2.75, 3.05) is 5.88 Å². The minimum Gasteiger partial charge on any atom is -0.296 e. The smallest absolute Gasteiger partial charge is 0.115 e. The van der Waals surface area contributed by atoms with Crippen molar-refractivity contribution in [1.82, 2.24) is 9.55 Å². The van der Waals surface area contributed by atoms with Gasteiger partial charge in [0.05, 0.1) is 11.0 Å². The van der Waals surface area contributed by atoms with E-state index in [0.29, 0.717) is 5.88 Å². The highest BCUT2D eigenvalue weighted by atomic mass is 79.9. The quantitative estimate of drug-likeness (QED) is 0.530. The topological polar surface area (TPSA) is 17.8 Å². The second kappa shape index (κ2) is 5.88. The summed E-state index contributed by atoms with van der Waals surface area (Å²) in [5.41, 5.74) is 3.16. The summed E-state index contributed by atoms with van der Waals surface area (Å²) >= 11 is 12.9. The highest BCUT2D eigenvalue weighted by molar-refractivity contribution is 9.10. The number of fused-ring (bicyclic) bond motifs is 1. The number of rotatable bonds is 3. The van der Waals surface area contributed by atoms with Crippen molar-refractivity contribution in [3.05, 3.63) is 57.2 Å². The lowest BCUT2D eigenvalue weighted by molar-refractivity contribution is 0.912. The van der Waals surface area contributed by atoms with E-state index in [-0.39, 0.29) is 0 Å². The molecular weight excluding hydrogens is 403 g/mol. The third-order valence-corrected chi connectivity index (χ3v) is 4.30. The molecule has 3 aromatic rings. The van der Waals surface area contributed by atoms with Crippen molar-refractivity contribution >= 4 is 54.5 Å². The van der Waals surface area contributed by atoms with E-state index in [0.717, 1.165) is 37.9 Å². The second-order valence-corrected chi connectivity index (χ2v) is 6.62. The fourth-order valence-electron chi connectivity index (χ4n) is 2.23. The van der Waals surface area contributed by atoms with Crippen LogP contribution in [0.4, 0.5) is 0 Å². The number of aromatic nitrogens is 2. The maximum atomic E-state index is 5.91. The van der Waals surface area contributed by atoms with Crippen molar-refractivity contribution in [2.24, 2.45) is 0 Å². The summed E-state index contributed by atoms with van der Waals surface area (Å²) in [6.45, 7) is 0. The van der Waals surface area contributed by atoms with Crippen LogP contribution in [0.1, 0.15) is 5.82 Å². The van der Waals surface area contributed by atoms with Crippen LogP contribution in [0.15, 0.2) is 51.4 Å². The van der Waals surface area contributed by atoms with Gasteiger partial charge in [-0.25, -0.2) is 4.98 Å². The molecule has 0 aliphatic heterocycles. The molecule has 5 heteroatoms. The lowest BCUT2D eigenvalue weighted by atomic mass is 10.2. The molecule has 2 nitrogen and oxygen atoms in total. The number of alkyl halides is 1. The lowest BCUT2D eigenvalue weighted by Gasteiger charge is -2.08. The van der Waals surface area contributed by atoms with Crippen LogP contribution in [0.5, 0.6) is 0 Å². The Morgan fingerprint density at radius 3 is 2.40 bits per heavy atom. The lowest BCUT2D eigenvalue weighted by Crippen LogP contribution is -2.01. The Morgan fingerprint density at radius 1 is 1.00 bits per heavy atom. The molecule has 2 aromatic carbocycles. The Balaban J connectivity index is 2.25. The van der Waals surface area contributed by atoms with Crippen LogP contribution in [-0.4, -0.2) is 15.4 Å². The molecule has 0 unspecified atom stereocenters. The largest absolute Gasteiger partial charge is 0.296 e. The molecule has 0 aliphatic carbocycles. The number of hydrogen-bond donors (Lipinski definition) is 0. The summed E-state index contributed by atoms with van der Waals surface area (Å²) in [7, 11) is 0. The van der Waals surface area contributed by atoms with E-state index in [2.05, 4.69) is 54.6 Å². The number of halogens is 3. The SMILES string of the molecule is ClCCc1nc2cc(Br)ccc2n1-c1ccc(Br)cc1. The highest BCUT2D eigenvalue weighted by Gasteiger charge is 2.12. The zero-order valence-corrected chi connectivity index (χ0v) is 14.4. The van der Waals surface area contributed by atoms with Gasteiger partial charge in [-0.3, -0.25) is 4.57 Å². The van der Waals surface area contributed by atoms with Gasteiger partial charge in [-0.15, -0.1) is 11.6 Å². The Labute approximate surface area is 139 Å². The molecule has 0 saturated carbocycles. The van der Waals surface area contributed by atoms with Crippen LogP contribution in [0.3, 0.4) is 0 Å². The summed E-state index contributed by atoms with van der Waals surface area (Å²) in [5.74, 6) is 1.54. The molecule has 0 saturated heterocycles. The predicted octanol–water partition coefficient (Wildman–Crippen LogP) is 5.33. The van der Waals surface area contributed by atoms with Crippen LogP contribution in [-0.2, 0) is 6.42 Å². The molecule has 0 spiro atoms. The average Bonchev–Trinajstić information content (AvgIpc) is 2.77. The van der Waals surface area contributed by atoms with Crippen LogP contribution < -0.4 is 0 Å². The first kappa shape index (κ1) is 14.1. The second-order valence-electron chi connectivity index (χ2n) is 4.41. The molecule has 0 fully saturated rings. The normalized spacial score (nSPS) is 11.2. The standard InChI is InChI=1S/C15H11Br2ClN2/c16-10-1-4-12(5-2-10)20-14-6-3-11(17)9-13(14)19-15(20)7-8-18/h1-6,9H,7-8H2. The summed E-state index contributed by atoms with van der Waals surface area (Å²) in [5, 5.41) is 0. The van der Waals surface area contributed by atoms with Gasteiger partial charge < -0.3 is 0 Å². The number of nitrogens with zero attached hydrogens (tertiary/aromatic N) is 2. The van der Waals surface area contributed by atoms with Crippen LogP contribution in [0.25, 0.3) is 16.7 Å². The van der Waals surface area contributed by atoms with Gasteiger partial charge in [0.25, 0.3) is 0 Å².